The summed E-state index contributed by atoms with van der Waals surface area (Å²) < 4.78 is 40.7. The molecule has 0 aromatic heterocycles. The highest BCUT2D eigenvalue weighted by Crippen LogP contribution is 2.39. The van der Waals surface area contributed by atoms with Crippen LogP contribution in [0.3, 0.4) is 0 Å². The predicted octanol–water partition coefficient (Wildman–Crippen LogP) is 6.24. The third kappa shape index (κ3) is 5.02. The van der Waals surface area contributed by atoms with Crippen molar-refractivity contribution in [1.29, 1.82) is 5.26 Å². The molecule has 0 heterocycles. The Labute approximate surface area is 150 Å². The largest absolute Gasteiger partial charge is 0.417 e. The molecule has 0 spiro atoms. The first kappa shape index (κ1) is 19.4. The predicted molar refractivity (Wildman–Crippen MR) is 97.7 cm³/mol. The van der Waals surface area contributed by atoms with E-state index in [2.05, 4.69) is 6.92 Å². The van der Waals surface area contributed by atoms with Crippen molar-refractivity contribution in [3.05, 3.63) is 58.7 Å². The molecule has 25 heavy (non-hydrogen) atoms. The summed E-state index contributed by atoms with van der Waals surface area (Å²) in [6.07, 6.45) is -2.72. The monoisotopic (exact) mass is 363 g/mol. The minimum atomic E-state index is -4.41. The van der Waals surface area contributed by atoms with Crippen LogP contribution in [-0.2, 0) is 12.6 Å². The number of hydrogen-bond acceptors (Lipinski definition) is 2. The zero-order valence-electron chi connectivity index (χ0n) is 14.3. The molecule has 0 bridgehead atoms. The molecule has 2 aromatic rings. The zero-order chi connectivity index (χ0) is 18.4. The Hall–Kier alpha value is -1.93. The van der Waals surface area contributed by atoms with Gasteiger partial charge in [0.05, 0.1) is 17.2 Å². The van der Waals surface area contributed by atoms with Crippen LogP contribution in [0.1, 0.15) is 35.6 Å². The van der Waals surface area contributed by atoms with E-state index < -0.39 is 11.7 Å². The van der Waals surface area contributed by atoms with E-state index in [4.69, 9.17) is 5.26 Å². The van der Waals surface area contributed by atoms with Gasteiger partial charge in [0.15, 0.2) is 0 Å². The average molecular weight is 363 g/mol. The quantitative estimate of drug-likeness (QED) is 0.567. The van der Waals surface area contributed by atoms with Crippen molar-refractivity contribution >= 4 is 11.8 Å². The zero-order valence-corrected chi connectivity index (χ0v) is 15.1. The van der Waals surface area contributed by atoms with Crippen molar-refractivity contribution in [3.63, 3.8) is 0 Å². The molecule has 0 saturated carbocycles. The van der Waals surface area contributed by atoms with Crippen LogP contribution in [0.4, 0.5) is 13.2 Å². The Morgan fingerprint density at radius 2 is 1.76 bits per heavy atom. The molecule has 132 valence electrons. The topological polar surface area (TPSA) is 23.8 Å². The van der Waals surface area contributed by atoms with Crippen LogP contribution < -0.4 is 0 Å². The summed E-state index contributed by atoms with van der Waals surface area (Å²) in [6, 6.07) is 11.1. The molecular weight excluding hydrogens is 343 g/mol. The fourth-order valence-corrected chi connectivity index (χ4v) is 3.51. The third-order valence-electron chi connectivity index (χ3n) is 3.97. The van der Waals surface area contributed by atoms with Crippen LogP contribution in [0.15, 0.2) is 36.4 Å². The smallest absolute Gasteiger partial charge is 0.192 e. The van der Waals surface area contributed by atoms with E-state index in [1.807, 2.05) is 13.0 Å². The molecule has 5 heteroatoms. The first-order valence-corrected chi connectivity index (χ1v) is 9.31. The summed E-state index contributed by atoms with van der Waals surface area (Å²) in [5.74, 6) is 1.84. The third-order valence-corrected chi connectivity index (χ3v) is 5.16. The van der Waals surface area contributed by atoms with E-state index in [0.29, 0.717) is 17.5 Å². The highest BCUT2D eigenvalue weighted by Gasteiger charge is 2.34. The summed E-state index contributed by atoms with van der Waals surface area (Å²) in [5.41, 5.74) is 2.07. The van der Waals surface area contributed by atoms with Crippen LogP contribution in [0, 0.1) is 18.3 Å². The number of hydrogen-bond donors (Lipinski definition) is 0. The number of halogens is 3. The molecule has 2 aromatic carbocycles. The Morgan fingerprint density at radius 3 is 2.32 bits per heavy atom. The van der Waals surface area contributed by atoms with Gasteiger partial charge in [-0.15, -0.1) is 0 Å². The highest BCUT2D eigenvalue weighted by molar-refractivity contribution is 7.99. The van der Waals surface area contributed by atoms with Gasteiger partial charge in [-0.3, -0.25) is 0 Å². The van der Waals surface area contributed by atoms with E-state index in [-0.39, 0.29) is 5.56 Å². The molecule has 0 aliphatic heterocycles. The van der Waals surface area contributed by atoms with Crippen molar-refractivity contribution < 1.29 is 13.2 Å². The summed E-state index contributed by atoms with van der Waals surface area (Å²) in [5, 5.41) is 8.85. The lowest BCUT2D eigenvalue weighted by molar-refractivity contribution is -0.137. The maximum absolute atomic E-state index is 13.6. The lowest BCUT2D eigenvalue weighted by Crippen LogP contribution is -2.09. The second kappa shape index (κ2) is 8.44. The Morgan fingerprint density at radius 1 is 1.08 bits per heavy atom. The highest BCUT2D eigenvalue weighted by atomic mass is 32.2. The van der Waals surface area contributed by atoms with Crippen LogP contribution in [0.2, 0.25) is 0 Å². The van der Waals surface area contributed by atoms with E-state index in [0.717, 1.165) is 29.1 Å². The molecule has 0 atom stereocenters. The fraction of sp³-hybridized carbons (Fsp3) is 0.350. The molecule has 0 aliphatic carbocycles. The summed E-state index contributed by atoms with van der Waals surface area (Å²) in [6.45, 7) is 3.94. The Kier molecular flexibility index (Phi) is 6.55. The standard InChI is InChI=1S/C20H20F3NS/c1-3-9-25-10-8-17-12-19(20(21,22)23)18(11-14(17)2)16-6-4-15(13-24)5-7-16/h4-7,11-12H,3,8-10H2,1-2H3. The number of aryl methyl sites for hydroxylation is 2. The van der Waals surface area contributed by atoms with Crippen LogP contribution in [-0.4, -0.2) is 11.5 Å². The molecule has 0 saturated heterocycles. The molecular formula is C20H20F3NS. The van der Waals surface area contributed by atoms with Gasteiger partial charge in [0.2, 0.25) is 0 Å². The molecule has 2 rings (SSSR count). The molecule has 0 fully saturated rings. The SMILES string of the molecule is CCCSCCc1cc(C(F)(F)F)c(-c2ccc(C#N)cc2)cc1C. The maximum atomic E-state index is 13.6. The summed E-state index contributed by atoms with van der Waals surface area (Å²) in [4.78, 5) is 0. The van der Waals surface area contributed by atoms with Crippen molar-refractivity contribution in [1.82, 2.24) is 0 Å². The number of nitrogens with zero attached hydrogens (tertiary/aromatic N) is 1. The molecule has 0 radical (unpaired) electrons. The first-order chi connectivity index (χ1) is 11.9. The van der Waals surface area contributed by atoms with Crippen LogP contribution >= 0.6 is 11.8 Å². The number of alkyl halides is 3. The van der Waals surface area contributed by atoms with Gasteiger partial charge >= 0.3 is 6.18 Å². The van der Waals surface area contributed by atoms with Gasteiger partial charge in [0, 0.05) is 0 Å². The second-order valence-electron chi connectivity index (χ2n) is 5.87. The van der Waals surface area contributed by atoms with Gasteiger partial charge in [-0.05, 0) is 71.7 Å². The van der Waals surface area contributed by atoms with Crippen molar-refractivity contribution in [2.24, 2.45) is 0 Å². The number of rotatable bonds is 6. The fourth-order valence-electron chi connectivity index (χ4n) is 2.65. The van der Waals surface area contributed by atoms with E-state index in [1.54, 1.807) is 42.1 Å². The normalized spacial score (nSPS) is 11.4. The average Bonchev–Trinajstić information content (AvgIpc) is 2.58. The van der Waals surface area contributed by atoms with Gasteiger partial charge in [-0.1, -0.05) is 25.1 Å². The Balaban J connectivity index is 2.42. The maximum Gasteiger partial charge on any atom is 0.417 e. The molecule has 0 unspecified atom stereocenters. The van der Waals surface area contributed by atoms with Gasteiger partial charge < -0.3 is 0 Å². The Bertz CT molecular complexity index is 758. The van der Waals surface area contributed by atoms with Crippen molar-refractivity contribution in [2.75, 3.05) is 11.5 Å². The van der Waals surface area contributed by atoms with Crippen LogP contribution in [0.25, 0.3) is 11.1 Å². The van der Waals surface area contributed by atoms with E-state index in [1.165, 1.54) is 6.07 Å². The van der Waals surface area contributed by atoms with Gasteiger partial charge in [-0.2, -0.15) is 30.2 Å². The number of benzene rings is 2. The van der Waals surface area contributed by atoms with Crippen molar-refractivity contribution in [3.8, 4) is 17.2 Å². The van der Waals surface area contributed by atoms with Gasteiger partial charge in [0.25, 0.3) is 0 Å². The lowest BCUT2D eigenvalue weighted by Gasteiger charge is -2.17. The van der Waals surface area contributed by atoms with Crippen molar-refractivity contribution in [2.45, 2.75) is 32.9 Å². The molecule has 0 aliphatic rings. The minimum absolute atomic E-state index is 0.166. The minimum Gasteiger partial charge on any atom is -0.192 e. The summed E-state index contributed by atoms with van der Waals surface area (Å²) in [7, 11) is 0. The van der Waals surface area contributed by atoms with Gasteiger partial charge in [-0.25, -0.2) is 0 Å². The number of nitriles is 1. The van der Waals surface area contributed by atoms with Gasteiger partial charge in [0.1, 0.15) is 0 Å². The van der Waals surface area contributed by atoms with E-state index >= 15 is 0 Å². The molecule has 0 N–H and O–H groups in total. The first-order valence-electron chi connectivity index (χ1n) is 8.15. The summed E-state index contributed by atoms with van der Waals surface area (Å²) >= 11 is 1.76. The molecule has 1 nitrogen and oxygen atoms in total. The van der Waals surface area contributed by atoms with Crippen LogP contribution in [0.5, 0.6) is 0 Å². The number of thioether (sulfide) groups is 1. The second-order valence-corrected chi connectivity index (χ2v) is 7.10. The lowest BCUT2D eigenvalue weighted by atomic mass is 9.92. The van der Waals surface area contributed by atoms with E-state index in [9.17, 15) is 13.2 Å². The molecule has 0 amide bonds.